The van der Waals surface area contributed by atoms with Gasteiger partial charge in [0.25, 0.3) is 0 Å². The third-order valence-corrected chi connectivity index (χ3v) is 6.38. The predicted molar refractivity (Wildman–Crippen MR) is 106 cm³/mol. The third kappa shape index (κ3) is 4.90. The topological polar surface area (TPSA) is 76.7 Å². The van der Waals surface area contributed by atoms with Gasteiger partial charge in [0.2, 0.25) is 16.8 Å². The van der Waals surface area contributed by atoms with E-state index in [1.165, 1.54) is 23.5 Å². The van der Waals surface area contributed by atoms with Crippen molar-refractivity contribution in [3.05, 3.63) is 53.5 Å². The van der Waals surface area contributed by atoms with Crippen molar-refractivity contribution in [3.8, 4) is 10.7 Å². The highest BCUT2D eigenvalue weighted by Gasteiger charge is 2.10. The minimum atomic E-state index is -0.289. The van der Waals surface area contributed by atoms with E-state index in [0.29, 0.717) is 22.5 Å². The summed E-state index contributed by atoms with van der Waals surface area (Å²) in [5.74, 6) is 1.86. The molecule has 0 atom stereocenters. The van der Waals surface area contributed by atoms with Crippen LogP contribution < -0.4 is 5.32 Å². The fourth-order valence-electron chi connectivity index (χ4n) is 2.25. The lowest BCUT2D eigenvalue weighted by Crippen LogP contribution is -1.89. The number of nitrogens with zero attached hydrogens (tertiary/aromatic N) is 4. The van der Waals surface area contributed by atoms with Crippen molar-refractivity contribution in [2.75, 3.05) is 11.1 Å². The second-order valence-corrected chi connectivity index (χ2v) is 8.72. The molecule has 10 heteroatoms. The van der Waals surface area contributed by atoms with Crippen LogP contribution in [0.25, 0.3) is 10.7 Å². The average molecular weight is 420 g/mol. The first kappa shape index (κ1) is 18.1. The Bertz CT molecular complexity index is 1000. The highest BCUT2D eigenvalue weighted by atomic mass is 32.2. The van der Waals surface area contributed by atoms with Crippen LogP contribution in [0.1, 0.15) is 12.3 Å². The van der Waals surface area contributed by atoms with Crippen molar-refractivity contribution in [3.63, 3.8) is 0 Å². The Balaban J connectivity index is 1.23. The summed E-state index contributed by atoms with van der Waals surface area (Å²) in [4.78, 5) is 5.42. The maximum atomic E-state index is 13.2. The molecule has 0 amide bonds. The lowest BCUT2D eigenvalue weighted by molar-refractivity contribution is 0.378. The molecule has 6 nitrogen and oxygen atoms in total. The number of aryl methyl sites for hydroxylation is 1. The zero-order valence-corrected chi connectivity index (χ0v) is 16.4. The number of hydrogen-bond acceptors (Lipinski definition) is 9. The van der Waals surface area contributed by atoms with E-state index in [1.54, 1.807) is 35.2 Å². The molecule has 0 saturated carbocycles. The zero-order valence-electron chi connectivity index (χ0n) is 14.0. The molecule has 27 heavy (non-hydrogen) atoms. The van der Waals surface area contributed by atoms with Gasteiger partial charge in [-0.1, -0.05) is 40.4 Å². The quantitative estimate of drug-likeness (QED) is 0.308. The Morgan fingerprint density at radius 2 is 2.15 bits per heavy atom. The molecule has 1 aromatic carbocycles. The zero-order chi connectivity index (χ0) is 18.5. The molecule has 0 bridgehead atoms. The largest absolute Gasteiger partial charge is 0.339 e. The fourth-order valence-corrected chi connectivity index (χ4v) is 4.68. The molecule has 4 rings (SSSR count). The first-order valence-corrected chi connectivity index (χ1v) is 10.8. The minimum absolute atomic E-state index is 0.289. The highest BCUT2D eigenvalue weighted by Crippen LogP contribution is 2.28. The van der Waals surface area contributed by atoms with Crippen molar-refractivity contribution in [2.24, 2.45) is 0 Å². The molecular weight excluding hydrogens is 405 g/mol. The fraction of sp³-hybridized carbons (Fsp3) is 0.176. The predicted octanol–water partition coefficient (Wildman–Crippen LogP) is 5.26. The number of rotatable bonds is 8. The van der Waals surface area contributed by atoms with Crippen molar-refractivity contribution in [2.45, 2.75) is 17.2 Å². The van der Waals surface area contributed by atoms with Crippen LogP contribution in [0.4, 0.5) is 15.2 Å². The summed E-state index contributed by atoms with van der Waals surface area (Å²) in [6.07, 6.45) is 1.61. The monoisotopic (exact) mass is 419 g/mol. The normalized spacial score (nSPS) is 11.0. The average Bonchev–Trinajstić information content (AvgIpc) is 3.40. The van der Waals surface area contributed by atoms with Gasteiger partial charge in [-0.25, -0.2) is 4.39 Å². The number of anilines is 2. The smallest absolute Gasteiger partial charge is 0.227 e. The van der Waals surface area contributed by atoms with E-state index in [0.717, 1.165) is 27.8 Å². The summed E-state index contributed by atoms with van der Waals surface area (Å²) in [5, 5.41) is 17.9. The number of hydrogen-bond donors (Lipinski definition) is 1. The summed E-state index contributed by atoms with van der Waals surface area (Å²) >= 11 is 4.65. The second-order valence-electron chi connectivity index (χ2n) is 5.45. The van der Waals surface area contributed by atoms with E-state index in [-0.39, 0.29) is 5.82 Å². The molecule has 0 aliphatic heterocycles. The molecule has 138 valence electrons. The number of halogens is 1. The number of benzene rings is 1. The molecule has 1 N–H and O–H groups in total. The minimum Gasteiger partial charge on any atom is -0.339 e. The number of thiophene rings is 1. The summed E-state index contributed by atoms with van der Waals surface area (Å²) in [6.45, 7) is 0. The molecule has 0 aliphatic carbocycles. The highest BCUT2D eigenvalue weighted by molar-refractivity contribution is 8.01. The summed E-state index contributed by atoms with van der Waals surface area (Å²) in [6, 6.07) is 10.2. The van der Waals surface area contributed by atoms with Gasteiger partial charge in [0.1, 0.15) is 5.82 Å². The lowest BCUT2D eigenvalue weighted by atomic mass is 10.3. The number of aromatic nitrogens is 4. The van der Waals surface area contributed by atoms with Gasteiger partial charge < -0.3 is 9.84 Å². The molecule has 0 aliphatic rings. The van der Waals surface area contributed by atoms with E-state index in [1.807, 2.05) is 17.5 Å². The van der Waals surface area contributed by atoms with Crippen LogP contribution in [0.2, 0.25) is 0 Å². The molecule has 3 heterocycles. The molecule has 3 aromatic heterocycles. The van der Waals surface area contributed by atoms with E-state index < -0.39 is 0 Å². The molecular formula is C17H14FN5OS3. The maximum absolute atomic E-state index is 13.2. The third-order valence-electron chi connectivity index (χ3n) is 3.45. The van der Waals surface area contributed by atoms with Crippen molar-refractivity contribution in [1.29, 1.82) is 0 Å². The Hall–Kier alpha value is -2.30. The van der Waals surface area contributed by atoms with E-state index in [9.17, 15) is 4.39 Å². The van der Waals surface area contributed by atoms with Crippen LogP contribution in [0.3, 0.4) is 0 Å². The molecule has 4 aromatic rings. The second kappa shape index (κ2) is 8.59. The van der Waals surface area contributed by atoms with Crippen LogP contribution >= 0.6 is 34.4 Å². The maximum Gasteiger partial charge on any atom is 0.227 e. The van der Waals surface area contributed by atoms with Crippen molar-refractivity contribution in [1.82, 2.24) is 20.3 Å². The van der Waals surface area contributed by atoms with E-state index >= 15 is 0 Å². The van der Waals surface area contributed by atoms with Gasteiger partial charge in [-0.15, -0.1) is 21.5 Å². The van der Waals surface area contributed by atoms with E-state index in [2.05, 4.69) is 25.7 Å². The SMILES string of the molecule is Fc1cccc(Nc2nnc(SCCCc3nc(-c4cccs4)no3)s2)c1. The summed E-state index contributed by atoms with van der Waals surface area (Å²) < 4.78 is 19.4. The van der Waals surface area contributed by atoms with Crippen LogP contribution in [-0.4, -0.2) is 26.1 Å². The van der Waals surface area contributed by atoms with Gasteiger partial charge >= 0.3 is 0 Å². The molecule has 0 saturated heterocycles. The lowest BCUT2D eigenvalue weighted by Gasteiger charge is -2.00. The van der Waals surface area contributed by atoms with Crippen LogP contribution in [0.5, 0.6) is 0 Å². The van der Waals surface area contributed by atoms with Crippen LogP contribution in [0.15, 0.2) is 50.6 Å². The Labute approximate surface area is 166 Å². The van der Waals surface area contributed by atoms with Crippen molar-refractivity contribution >= 4 is 45.3 Å². The van der Waals surface area contributed by atoms with Gasteiger partial charge in [-0.05, 0) is 36.1 Å². The Morgan fingerprint density at radius 3 is 3.00 bits per heavy atom. The molecule has 0 fully saturated rings. The standard InChI is InChI=1S/C17H14FN5OS3/c18-11-4-1-5-12(10-11)19-16-21-22-17(27-16)26-9-3-7-14-20-15(23-24-14)13-6-2-8-25-13/h1-2,4-6,8,10H,3,7,9H2,(H,19,21). The first-order chi connectivity index (χ1) is 13.3. The van der Waals surface area contributed by atoms with E-state index in [4.69, 9.17) is 4.52 Å². The number of nitrogens with one attached hydrogen (secondary N) is 1. The first-order valence-electron chi connectivity index (χ1n) is 8.11. The summed E-state index contributed by atoms with van der Waals surface area (Å²) in [5.41, 5.74) is 0.653. The van der Waals surface area contributed by atoms with Gasteiger partial charge in [0.05, 0.1) is 4.88 Å². The van der Waals surface area contributed by atoms with Gasteiger partial charge in [0, 0.05) is 17.9 Å². The van der Waals surface area contributed by atoms with Gasteiger partial charge in [0.15, 0.2) is 4.34 Å². The van der Waals surface area contributed by atoms with Gasteiger partial charge in [-0.2, -0.15) is 4.98 Å². The molecule has 0 radical (unpaired) electrons. The Kier molecular flexibility index (Phi) is 5.75. The number of thioether (sulfide) groups is 1. The van der Waals surface area contributed by atoms with Crippen molar-refractivity contribution < 1.29 is 8.91 Å². The van der Waals surface area contributed by atoms with Gasteiger partial charge in [-0.3, -0.25) is 0 Å². The molecule has 0 unspecified atom stereocenters. The van der Waals surface area contributed by atoms with Crippen LogP contribution in [-0.2, 0) is 6.42 Å². The summed E-state index contributed by atoms with van der Waals surface area (Å²) in [7, 11) is 0. The Morgan fingerprint density at radius 1 is 1.19 bits per heavy atom. The molecule has 0 spiro atoms. The van der Waals surface area contributed by atoms with Crippen LogP contribution in [0, 0.1) is 5.82 Å².